The molecule has 0 amide bonds. The summed E-state index contributed by atoms with van der Waals surface area (Å²) in [6.45, 7) is 16.3. The zero-order chi connectivity index (χ0) is 38.6. The lowest BCUT2D eigenvalue weighted by Crippen LogP contribution is -2.58. The van der Waals surface area contributed by atoms with E-state index in [0.29, 0.717) is 48.7 Å². The molecular weight excluding hydrogens is 719 g/mol. The standard InChI is InChI=1S/C42H58Cl2O9/c1-9-22(2)36-25(5)15-16-41(53-36)20-29-18-28(52-41)14-13-24(4)35(51-39(47)33-30(19-32(43)44)40(33,7)8)23(3)11-10-12-27-21-49-37-34(45)26(6)17-31(38(46)50-29)42(27,37)48/h10-13,17,19,22-23,25,28-31,33-37,45,48H,9,14-16,18,20-21H2,1-8H3/b11-10+,24-13+,27-12+/t22?,23-,25-,28+,29-,30?,31-,33?,34+,35-,36+,37+,41?,42+/m0/s1. The van der Waals surface area contributed by atoms with Crippen LogP contribution in [0.15, 0.2) is 57.7 Å². The highest BCUT2D eigenvalue weighted by molar-refractivity contribution is 6.55. The van der Waals surface area contributed by atoms with Gasteiger partial charge in [0.2, 0.25) is 0 Å². The SMILES string of the molecule is CCC(C)[C@H]1OC2(CC[C@@H]1C)C[C@@H]1C[C@@H](C/C=C(\C)[C@@H](OC(=O)C3C(C=C(Cl)Cl)C3(C)C)[C@@H](C)/C=C/C=C3\CO[C@@H]4[C@H](O)C(C)=C[C@@H](C(=O)O1)[C@]34O)O2. The Morgan fingerprint density at radius 2 is 1.89 bits per heavy atom. The molecule has 294 valence electrons. The van der Waals surface area contributed by atoms with Gasteiger partial charge in [-0.05, 0) is 72.7 Å². The van der Waals surface area contributed by atoms with Gasteiger partial charge in [0.05, 0.1) is 24.7 Å². The van der Waals surface area contributed by atoms with E-state index in [1.165, 1.54) is 0 Å². The highest BCUT2D eigenvalue weighted by Crippen LogP contribution is 2.60. The number of allylic oxidation sites excluding steroid dienone is 3. The minimum atomic E-state index is -1.83. The quantitative estimate of drug-likeness (QED) is 0.214. The van der Waals surface area contributed by atoms with Crippen LogP contribution in [0.2, 0.25) is 0 Å². The van der Waals surface area contributed by atoms with Gasteiger partial charge >= 0.3 is 11.9 Å². The maximum atomic E-state index is 14.2. The molecule has 4 unspecified atom stereocenters. The monoisotopic (exact) mass is 776 g/mol. The largest absolute Gasteiger partial charge is 0.462 e. The third-order valence-corrected chi connectivity index (χ3v) is 13.4. The average molecular weight is 778 g/mol. The lowest BCUT2D eigenvalue weighted by atomic mass is 9.71. The molecule has 4 heterocycles. The Hall–Kier alpha value is -1.98. The summed E-state index contributed by atoms with van der Waals surface area (Å²) in [5.74, 6) is -3.06. The van der Waals surface area contributed by atoms with Crippen LogP contribution in [0.25, 0.3) is 0 Å². The molecule has 0 aromatic carbocycles. The molecule has 4 aliphatic heterocycles. The van der Waals surface area contributed by atoms with Crippen molar-refractivity contribution in [2.75, 3.05) is 6.61 Å². The lowest BCUT2D eigenvalue weighted by molar-refractivity contribution is -0.340. The topological polar surface area (TPSA) is 121 Å². The first-order chi connectivity index (χ1) is 24.9. The molecule has 0 aromatic rings. The van der Waals surface area contributed by atoms with E-state index in [4.69, 9.17) is 46.9 Å². The van der Waals surface area contributed by atoms with Crippen molar-refractivity contribution in [3.8, 4) is 0 Å². The van der Waals surface area contributed by atoms with E-state index in [-0.39, 0.29) is 46.5 Å². The summed E-state index contributed by atoms with van der Waals surface area (Å²) in [6.07, 6.45) is 11.0. The molecule has 4 fully saturated rings. The number of halogens is 2. The van der Waals surface area contributed by atoms with Crippen molar-refractivity contribution in [1.29, 1.82) is 0 Å². The number of carbonyl (C=O) groups is 2. The van der Waals surface area contributed by atoms with E-state index in [0.717, 1.165) is 18.4 Å². The van der Waals surface area contributed by atoms with Gasteiger partial charge < -0.3 is 33.9 Å². The molecule has 9 nitrogen and oxygen atoms in total. The summed E-state index contributed by atoms with van der Waals surface area (Å²) in [5.41, 5.74) is -0.318. The molecule has 2 bridgehead atoms. The number of ether oxygens (including phenoxy) is 5. The Morgan fingerprint density at radius 1 is 1.15 bits per heavy atom. The van der Waals surface area contributed by atoms with Crippen molar-refractivity contribution in [2.45, 2.75) is 142 Å². The van der Waals surface area contributed by atoms with Crippen molar-refractivity contribution in [3.63, 3.8) is 0 Å². The van der Waals surface area contributed by atoms with Crippen LogP contribution in [0, 0.1) is 40.9 Å². The summed E-state index contributed by atoms with van der Waals surface area (Å²) >= 11 is 12.0. The fraction of sp³-hybridized carbons (Fsp3) is 0.714. The van der Waals surface area contributed by atoms with Gasteiger partial charge in [-0.3, -0.25) is 9.59 Å². The normalized spacial score (nSPS) is 45.6. The highest BCUT2D eigenvalue weighted by atomic mass is 35.5. The number of aliphatic hydroxyl groups is 2. The van der Waals surface area contributed by atoms with E-state index in [2.05, 4.69) is 26.8 Å². The molecule has 0 aromatic heterocycles. The molecule has 3 saturated heterocycles. The zero-order valence-corrected chi connectivity index (χ0v) is 33.9. The van der Waals surface area contributed by atoms with Crippen LogP contribution in [0.4, 0.5) is 0 Å². The van der Waals surface area contributed by atoms with Crippen LogP contribution in [0.3, 0.4) is 0 Å². The molecule has 1 spiro atoms. The van der Waals surface area contributed by atoms with E-state index in [9.17, 15) is 19.8 Å². The zero-order valence-electron chi connectivity index (χ0n) is 32.4. The number of hydrogen-bond acceptors (Lipinski definition) is 9. The molecule has 0 radical (unpaired) electrons. The minimum Gasteiger partial charge on any atom is -0.462 e. The summed E-state index contributed by atoms with van der Waals surface area (Å²) in [4.78, 5) is 28.0. The fourth-order valence-electron chi connectivity index (χ4n) is 9.52. The number of aliphatic hydroxyl groups excluding tert-OH is 1. The molecule has 2 N–H and O–H groups in total. The second-order valence-electron chi connectivity index (χ2n) is 17.3. The van der Waals surface area contributed by atoms with Crippen LogP contribution >= 0.6 is 23.2 Å². The van der Waals surface area contributed by atoms with Crippen molar-refractivity contribution < 1.29 is 43.5 Å². The maximum Gasteiger partial charge on any atom is 0.316 e. The Balaban J connectivity index is 1.38. The van der Waals surface area contributed by atoms with Gasteiger partial charge in [0, 0.05) is 25.2 Å². The number of carbonyl (C=O) groups excluding carboxylic acids is 2. The summed E-state index contributed by atoms with van der Waals surface area (Å²) in [7, 11) is 0. The van der Waals surface area contributed by atoms with E-state index >= 15 is 0 Å². The third kappa shape index (κ3) is 7.88. The van der Waals surface area contributed by atoms with Gasteiger partial charge in [-0.15, -0.1) is 0 Å². The van der Waals surface area contributed by atoms with Crippen LogP contribution in [-0.2, 0) is 33.3 Å². The van der Waals surface area contributed by atoms with Crippen LogP contribution in [0.1, 0.15) is 93.9 Å². The smallest absolute Gasteiger partial charge is 0.316 e. The Morgan fingerprint density at radius 3 is 2.58 bits per heavy atom. The van der Waals surface area contributed by atoms with E-state index < -0.39 is 53.6 Å². The maximum absolute atomic E-state index is 14.2. The molecular formula is C42H58Cl2O9. The average Bonchev–Trinajstić information content (AvgIpc) is 3.45. The Labute approximate surface area is 324 Å². The Bertz CT molecular complexity index is 1570. The molecule has 2 aliphatic carbocycles. The number of rotatable bonds is 5. The van der Waals surface area contributed by atoms with Gasteiger partial charge in [-0.2, -0.15) is 0 Å². The summed E-state index contributed by atoms with van der Waals surface area (Å²) in [5, 5.41) is 23.5. The molecule has 11 heteroatoms. The van der Waals surface area contributed by atoms with Gasteiger partial charge in [0.15, 0.2) is 5.79 Å². The second kappa shape index (κ2) is 15.5. The predicted molar refractivity (Wildman–Crippen MR) is 203 cm³/mol. The van der Waals surface area contributed by atoms with E-state index in [1.54, 1.807) is 31.2 Å². The van der Waals surface area contributed by atoms with Gasteiger partial charge in [-0.25, -0.2) is 0 Å². The molecule has 14 atom stereocenters. The number of fused-ring (bicyclic) bond motifs is 2. The molecule has 1 saturated carbocycles. The first-order valence-corrected chi connectivity index (χ1v) is 20.2. The third-order valence-electron chi connectivity index (χ3n) is 13.2. The highest BCUT2D eigenvalue weighted by Gasteiger charge is 2.62. The van der Waals surface area contributed by atoms with Crippen LogP contribution in [0.5, 0.6) is 0 Å². The molecule has 6 aliphatic rings. The molecule has 53 heavy (non-hydrogen) atoms. The van der Waals surface area contributed by atoms with Gasteiger partial charge in [0.25, 0.3) is 0 Å². The van der Waals surface area contributed by atoms with Crippen molar-refractivity contribution >= 4 is 35.1 Å². The predicted octanol–water partition coefficient (Wildman–Crippen LogP) is 7.67. The van der Waals surface area contributed by atoms with Crippen molar-refractivity contribution in [2.24, 2.45) is 40.9 Å². The summed E-state index contributed by atoms with van der Waals surface area (Å²) < 4.78 is 32.6. The number of esters is 2. The lowest BCUT2D eigenvalue weighted by Gasteiger charge is -2.51. The van der Waals surface area contributed by atoms with E-state index in [1.807, 2.05) is 33.8 Å². The Kier molecular flexibility index (Phi) is 11.9. The van der Waals surface area contributed by atoms with Gasteiger partial charge in [0.1, 0.15) is 40.4 Å². The number of hydrogen-bond donors (Lipinski definition) is 2. The van der Waals surface area contributed by atoms with Crippen LogP contribution < -0.4 is 0 Å². The first-order valence-electron chi connectivity index (χ1n) is 19.5. The molecule has 6 rings (SSSR count). The fourth-order valence-corrected chi connectivity index (χ4v) is 9.79. The minimum absolute atomic E-state index is 0.00957. The van der Waals surface area contributed by atoms with Crippen LogP contribution in [-0.4, -0.2) is 76.8 Å². The van der Waals surface area contributed by atoms with Crippen molar-refractivity contribution in [1.82, 2.24) is 0 Å². The van der Waals surface area contributed by atoms with Gasteiger partial charge in [-0.1, -0.05) is 102 Å². The second-order valence-corrected chi connectivity index (χ2v) is 18.3. The first kappa shape index (κ1) is 40.7. The summed E-state index contributed by atoms with van der Waals surface area (Å²) in [6, 6.07) is 0. The van der Waals surface area contributed by atoms with Crippen molar-refractivity contribution in [3.05, 3.63) is 57.7 Å².